The lowest BCUT2D eigenvalue weighted by Gasteiger charge is -2.10. The molecule has 3 aromatic rings. The van der Waals surface area contributed by atoms with Crippen molar-refractivity contribution in [2.45, 2.75) is 6.92 Å². The summed E-state index contributed by atoms with van der Waals surface area (Å²) in [6, 6.07) is 18.1. The number of carbonyl (C=O) groups is 1. The van der Waals surface area contributed by atoms with Crippen LogP contribution in [0.1, 0.15) is 17.3 Å². The fraction of sp³-hybridized carbons (Fsp3) is 0.100. The third-order valence-corrected chi connectivity index (χ3v) is 3.70. The van der Waals surface area contributed by atoms with E-state index in [0.717, 1.165) is 11.3 Å². The molecule has 126 valence electrons. The highest BCUT2D eigenvalue weighted by atomic mass is 16.5. The van der Waals surface area contributed by atoms with E-state index in [-0.39, 0.29) is 5.56 Å². The van der Waals surface area contributed by atoms with Gasteiger partial charge in [-0.2, -0.15) is 0 Å². The van der Waals surface area contributed by atoms with Gasteiger partial charge in [0.05, 0.1) is 6.61 Å². The number of carbonyl (C=O) groups excluding carboxylic acids is 1. The van der Waals surface area contributed by atoms with Gasteiger partial charge in [0.15, 0.2) is 0 Å². The van der Waals surface area contributed by atoms with Gasteiger partial charge in [0.2, 0.25) is 0 Å². The van der Waals surface area contributed by atoms with Gasteiger partial charge in [0, 0.05) is 17.4 Å². The SMILES string of the molecule is CCOc1ccc(NC(=O)c2c(-c3ccccc3)cc[nH]c2=O)cc1. The van der Waals surface area contributed by atoms with Crippen LogP contribution in [0.25, 0.3) is 11.1 Å². The van der Waals surface area contributed by atoms with E-state index in [2.05, 4.69) is 10.3 Å². The summed E-state index contributed by atoms with van der Waals surface area (Å²) in [5.74, 6) is 0.271. The Morgan fingerprint density at radius 3 is 2.44 bits per heavy atom. The van der Waals surface area contributed by atoms with Crippen LogP contribution >= 0.6 is 0 Å². The molecular weight excluding hydrogens is 316 g/mol. The van der Waals surface area contributed by atoms with Gasteiger partial charge in [-0.3, -0.25) is 9.59 Å². The van der Waals surface area contributed by atoms with Gasteiger partial charge >= 0.3 is 0 Å². The molecule has 0 atom stereocenters. The molecule has 1 amide bonds. The molecule has 0 aliphatic heterocycles. The van der Waals surface area contributed by atoms with Crippen molar-refractivity contribution in [3.8, 4) is 16.9 Å². The Labute approximate surface area is 145 Å². The van der Waals surface area contributed by atoms with Gasteiger partial charge in [0.25, 0.3) is 11.5 Å². The number of pyridine rings is 1. The maximum atomic E-state index is 12.7. The number of rotatable bonds is 5. The fourth-order valence-electron chi connectivity index (χ4n) is 2.56. The van der Waals surface area contributed by atoms with E-state index >= 15 is 0 Å². The summed E-state index contributed by atoms with van der Waals surface area (Å²) in [4.78, 5) is 27.5. The lowest BCUT2D eigenvalue weighted by atomic mass is 10.0. The Bertz CT molecular complexity index is 916. The molecule has 0 saturated heterocycles. The molecule has 2 aromatic carbocycles. The van der Waals surface area contributed by atoms with Gasteiger partial charge in [0.1, 0.15) is 11.3 Å². The Morgan fingerprint density at radius 2 is 1.76 bits per heavy atom. The van der Waals surface area contributed by atoms with E-state index in [9.17, 15) is 9.59 Å². The summed E-state index contributed by atoms with van der Waals surface area (Å²) in [6.45, 7) is 2.48. The molecule has 3 rings (SSSR count). The number of hydrogen-bond acceptors (Lipinski definition) is 3. The van der Waals surface area contributed by atoms with Gasteiger partial charge < -0.3 is 15.0 Å². The second-order valence-electron chi connectivity index (χ2n) is 5.37. The first kappa shape index (κ1) is 16.5. The molecule has 0 aliphatic carbocycles. The average Bonchev–Trinajstić information content (AvgIpc) is 2.64. The zero-order valence-electron chi connectivity index (χ0n) is 13.8. The van der Waals surface area contributed by atoms with Crippen LogP contribution in [0, 0.1) is 0 Å². The number of nitrogens with one attached hydrogen (secondary N) is 2. The molecule has 2 N–H and O–H groups in total. The highest BCUT2D eigenvalue weighted by Gasteiger charge is 2.17. The first-order chi connectivity index (χ1) is 12.2. The van der Waals surface area contributed by atoms with Crippen molar-refractivity contribution in [2.24, 2.45) is 0 Å². The molecular formula is C20H18N2O3. The van der Waals surface area contributed by atoms with Crippen molar-refractivity contribution in [3.63, 3.8) is 0 Å². The number of aromatic amines is 1. The molecule has 5 nitrogen and oxygen atoms in total. The summed E-state index contributed by atoms with van der Waals surface area (Å²) in [6.07, 6.45) is 1.54. The van der Waals surface area contributed by atoms with E-state index < -0.39 is 11.5 Å². The van der Waals surface area contributed by atoms with E-state index in [0.29, 0.717) is 17.9 Å². The van der Waals surface area contributed by atoms with Crippen LogP contribution in [0.15, 0.2) is 71.7 Å². The topological polar surface area (TPSA) is 71.2 Å². The second-order valence-corrected chi connectivity index (χ2v) is 5.37. The maximum absolute atomic E-state index is 12.7. The quantitative estimate of drug-likeness (QED) is 0.747. The minimum absolute atomic E-state index is 0.0857. The summed E-state index contributed by atoms with van der Waals surface area (Å²) < 4.78 is 5.38. The van der Waals surface area contributed by atoms with Crippen molar-refractivity contribution >= 4 is 11.6 Å². The van der Waals surface area contributed by atoms with Crippen LogP contribution < -0.4 is 15.6 Å². The van der Waals surface area contributed by atoms with Crippen molar-refractivity contribution in [3.05, 3.63) is 82.8 Å². The molecule has 0 fully saturated rings. The molecule has 25 heavy (non-hydrogen) atoms. The lowest BCUT2D eigenvalue weighted by Crippen LogP contribution is -2.24. The summed E-state index contributed by atoms with van der Waals surface area (Å²) in [7, 11) is 0. The number of aromatic nitrogens is 1. The zero-order valence-corrected chi connectivity index (χ0v) is 13.8. The Hall–Kier alpha value is -3.34. The van der Waals surface area contributed by atoms with Crippen molar-refractivity contribution < 1.29 is 9.53 Å². The summed E-state index contributed by atoms with van der Waals surface area (Å²) in [5.41, 5.74) is 1.65. The normalized spacial score (nSPS) is 10.3. The predicted octanol–water partition coefficient (Wildman–Crippen LogP) is 3.69. The summed E-state index contributed by atoms with van der Waals surface area (Å²) >= 11 is 0. The van der Waals surface area contributed by atoms with Gasteiger partial charge in [-0.15, -0.1) is 0 Å². The number of H-pyrrole nitrogens is 1. The number of ether oxygens (including phenoxy) is 1. The molecule has 5 heteroatoms. The Balaban J connectivity index is 1.91. The Morgan fingerprint density at radius 1 is 1.04 bits per heavy atom. The van der Waals surface area contributed by atoms with Crippen LogP contribution in [0.2, 0.25) is 0 Å². The van der Waals surface area contributed by atoms with Crippen LogP contribution in [0.3, 0.4) is 0 Å². The fourth-order valence-corrected chi connectivity index (χ4v) is 2.56. The lowest BCUT2D eigenvalue weighted by molar-refractivity contribution is 0.102. The summed E-state index contributed by atoms with van der Waals surface area (Å²) in [5, 5.41) is 2.76. The average molecular weight is 334 g/mol. The molecule has 1 heterocycles. The van der Waals surface area contributed by atoms with Crippen LogP contribution in [-0.4, -0.2) is 17.5 Å². The van der Waals surface area contributed by atoms with Gasteiger partial charge in [-0.25, -0.2) is 0 Å². The van der Waals surface area contributed by atoms with E-state index in [1.165, 1.54) is 0 Å². The standard InChI is InChI=1S/C20H18N2O3/c1-2-25-16-10-8-15(9-11-16)22-20(24)18-17(12-13-21-19(18)23)14-6-4-3-5-7-14/h3-13H,2H2,1H3,(H,21,23)(H,22,24). The van der Waals surface area contributed by atoms with E-state index in [1.807, 2.05) is 37.3 Å². The Kier molecular flexibility index (Phi) is 4.95. The molecule has 0 aliphatic rings. The number of benzene rings is 2. The first-order valence-corrected chi connectivity index (χ1v) is 8.00. The van der Waals surface area contributed by atoms with Gasteiger partial charge in [-0.1, -0.05) is 30.3 Å². The molecule has 0 unspecified atom stereocenters. The molecule has 0 radical (unpaired) electrons. The monoisotopic (exact) mass is 334 g/mol. The van der Waals surface area contributed by atoms with E-state index in [4.69, 9.17) is 4.74 Å². The van der Waals surface area contributed by atoms with Crippen LogP contribution in [0.5, 0.6) is 5.75 Å². The van der Waals surface area contributed by atoms with Crippen LogP contribution in [0.4, 0.5) is 5.69 Å². The van der Waals surface area contributed by atoms with Crippen molar-refractivity contribution in [2.75, 3.05) is 11.9 Å². The van der Waals surface area contributed by atoms with Crippen molar-refractivity contribution in [1.82, 2.24) is 4.98 Å². The highest BCUT2D eigenvalue weighted by molar-refractivity contribution is 6.08. The van der Waals surface area contributed by atoms with Crippen LogP contribution in [-0.2, 0) is 0 Å². The number of amides is 1. The van der Waals surface area contributed by atoms with E-state index in [1.54, 1.807) is 36.5 Å². The minimum atomic E-state index is -0.454. The smallest absolute Gasteiger partial charge is 0.261 e. The number of anilines is 1. The molecule has 0 saturated carbocycles. The largest absolute Gasteiger partial charge is 0.494 e. The van der Waals surface area contributed by atoms with Gasteiger partial charge in [-0.05, 0) is 42.8 Å². The zero-order chi connectivity index (χ0) is 17.6. The maximum Gasteiger partial charge on any atom is 0.261 e. The molecule has 0 bridgehead atoms. The third-order valence-electron chi connectivity index (χ3n) is 3.70. The second kappa shape index (κ2) is 7.49. The number of hydrogen-bond donors (Lipinski definition) is 2. The minimum Gasteiger partial charge on any atom is -0.494 e. The molecule has 0 spiro atoms. The highest BCUT2D eigenvalue weighted by Crippen LogP contribution is 2.22. The third kappa shape index (κ3) is 3.77. The molecule has 1 aromatic heterocycles. The van der Waals surface area contributed by atoms with Crippen molar-refractivity contribution in [1.29, 1.82) is 0 Å². The first-order valence-electron chi connectivity index (χ1n) is 8.00. The predicted molar refractivity (Wildman–Crippen MR) is 98.1 cm³/mol.